The van der Waals surface area contributed by atoms with Crippen LogP contribution < -0.4 is 10.1 Å². The van der Waals surface area contributed by atoms with Crippen molar-refractivity contribution < 1.29 is 14.6 Å². The lowest BCUT2D eigenvalue weighted by molar-refractivity contribution is -0.128. The largest absolute Gasteiger partial charge is 0.481 e. The lowest BCUT2D eigenvalue weighted by Crippen LogP contribution is -2.48. The average Bonchev–Trinajstić information content (AvgIpc) is 2.38. The van der Waals surface area contributed by atoms with Gasteiger partial charge in [-0.25, -0.2) is 0 Å². The van der Waals surface area contributed by atoms with Gasteiger partial charge in [-0.3, -0.25) is 4.79 Å². The molecule has 4 heteroatoms. The quantitative estimate of drug-likeness (QED) is 0.829. The van der Waals surface area contributed by atoms with Crippen LogP contribution in [0.25, 0.3) is 0 Å². The van der Waals surface area contributed by atoms with Crippen LogP contribution in [0, 0.1) is 0 Å². The van der Waals surface area contributed by atoms with Crippen LogP contribution in [0.2, 0.25) is 0 Å². The molecule has 1 rings (SSSR count). The number of amides is 1. The summed E-state index contributed by atoms with van der Waals surface area (Å²) in [7, 11) is 0. The summed E-state index contributed by atoms with van der Waals surface area (Å²) in [4.78, 5) is 12.0. The van der Waals surface area contributed by atoms with Crippen molar-refractivity contribution in [3.63, 3.8) is 0 Å². The second-order valence-electron chi connectivity index (χ2n) is 5.29. The molecule has 0 spiro atoms. The normalized spacial score (nSPS) is 12.9. The Kier molecular flexibility index (Phi) is 5.36. The van der Waals surface area contributed by atoms with Crippen molar-refractivity contribution in [2.45, 2.75) is 52.4 Å². The van der Waals surface area contributed by atoms with E-state index < -0.39 is 6.10 Å². The molecule has 1 atom stereocenters. The number of hydrogen-bond acceptors (Lipinski definition) is 3. The zero-order valence-electron chi connectivity index (χ0n) is 12.1. The molecule has 0 aliphatic heterocycles. The second kappa shape index (κ2) is 6.57. The molecule has 0 fully saturated rings. The van der Waals surface area contributed by atoms with Crippen molar-refractivity contribution in [1.29, 1.82) is 0 Å². The lowest BCUT2D eigenvalue weighted by atomic mass is 10.0. The maximum absolute atomic E-state index is 12.0. The Hall–Kier alpha value is -1.55. The molecule has 0 aliphatic carbocycles. The molecular formula is C15H23NO3. The molecule has 2 N–H and O–H groups in total. The van der Waals surface area contributed by atoms with Crippen molar-refractivity contribution >= 4 is 5.91 Å². The molecule has 1 unspecified atom stereocenters. The number of carbonyl (C=O) groups is 1. The Bertz CT molecular complexity index is 429. The highest BCUT2D eigenvalue weighted by Crippen LogP contribution is 2.15. The fourth-order valence-electron chi connectivity index (χ4n) is 1.50. The number of ether oxygens (including phenoxy) is 1. The molecule has 0 aromatic heterocycles. The third-order valence-corrected chi connectivity index (χ3v) is 3.11. The van der Waals surface area contributed by atoms with Gasteiger partial charge in [0.1, 0.15) is 5.75 Å². The Morgan fingerprint density at radius 2 is 2.16 bits per heavy atom. The molecule has 0 bridgehead atoms. The standard InChI is InChI=1S/C15H23NO3/c1-5-15(3,4)16-14(18)11(2)19-13-8-6-7-12(9-13)10-17/h6-9,11,17H,5,10H2,1-4H3,(H,16,18). The molecule has 0 saturated heterocycles. The van der Waals surface area contributed by atoms with Gasteiger partial charge in [-0.05, 0) is 44.9 Å². The van der Waals surface area contributed by atoms with Gasteiger partial charge in [0.2, 0.25) is 0 Å². The number of carbonyl (C=O) groups excluding carboxylic acids is 1. The van der Waals surface area contributed by atoms with Crippen LogP contribution in [0.4, 0.5) is 0 Å². The van der Waals surface area contributed by atoms with Crippen molar-refractivity contribution in [3.05, 3.63) is 29.8 Å². The summed E-state index contributed by atoms with van der Waals surface area (Å²) in [5, 5.41) is 12.0. The summed E-state index contributed by atoms with van der Waals surface area (Å²) in [5.74, 6) is 0.449. The third-order valence-electron chi connectivity index (χ3n) is 3.11. The molecule has 19 heavy (non-hydrogen) atoms. The highest BCUT2D eigenvalue weighted by atomic mass is 16.5. The first-order valence-electron chi connectivity index (χ1n) is 6.56. The van der Waals surface area contributed by atoms with E-state index in [-0.39, 0.29) is 18.1 Å². The highest BCUT2D eigenvalue weighted by molar-refractivity contribution is 5.81. The molecule has 1 aromatic rings. The number of benzene rings is 1. The number of aliphatic hydroxyl groups excluding tert-OH is 1. The molecule has 4 nitrogen and oxygen atoms in total. The molecule has 0 saturated carbocycles. The summed E-state index contributed by atoms with van der Waals surface area (Å²) in [6, 6.07) is 7.10. The smallest absolute Gasteiger partial charge is 0.261 e. The third kappa shape index (κ3) is 4.91. The van der Waals surface area contributed by atoms with E-state index >= 15 is 0 Å². The van der Waals surface area contributed by atoms with Gasteiger partial charge >= 0.3 is 0 Å². The fraction of sp³-hybridized carbons (Fsp3) is 0.533. The van der Waals surface area contributed by atoms with Gasteiger partial charge in [-0.15, -0.1) is 0 Å². The molecule has 1 aromatic carbocycles. The first-order valence-corrected chi connectivity index (χ1v) is 6.56. The minimum absolute atomic E-state index is 0.0410. The van der Waals surface area contributed by atoms with Gasteiger partial charge in [0.25, 0.3) is 5.91 Å². The molecular weight excluding hydrogens is 242 g/mol. The summed E-state index contributed by atoms with van der Waals surface area (Å²) >= 11 is 0. The van der Waals surface area contributed by atoms with E-state index in [2.05, 4.69) is 5.32 Å². The van der Waals surface area contributed by atoms with Crippen molar-refractivity contribution in [2.24, 2.45) is 0 Å². The minimum Gasteiger partial charge on any atom is -0.481 e. The summed E-state index contributed by atoms with van der Waals surface area (Å²) in [6.45, 7) is 7.65. The van der Waals surface area contributed by atoms with E-state index in [4.69, 9.17) is 9.84 Å². The summed E-state index contributed by atoms with van der Waals surface area (Å²) in [5.41, 5.74) is 0.528. The maximum Gasteiger partial charge on any atom is 0.261 e. The van der Waals surface area contributed by atoms with Gasteiger partial charge < -0.3 is 15.2 Å². The topological polar surface area (TPSA) is 58.6 Å². The predicted molar refractivity (Wildman–Crippen MR) is 75.0 cm³/mol. The van der Waals surface area contributed by atoms with Gasteiger partial charge in [0.05, 0.1) is 6.61 Å². The van der Waals surface area contributed by atoms with E-state index in [9.17, 15) is 4.79 Å². The molecule has 0 aliphatic rings. The maximum atomic E-state index is 12.0. The van der Waals surface area contributed by atoms with Crippen LogP contribution in [0.5, 0.6) is 5.75 Å². The Morgan fingerprint density at radius 3 is 2.74 bits per heavy atom. The molecule has 0 radical (unpaired) electrons. The van der Waals surface area contributed by atoms with E-state index in [1.165, 1.54) is 0 Å². The highest BCUT2D eigenvalue weighted by Gasteiger charge is 2.22. The zero-order chi connectivity index (χ0) is 14.5. The van der Waals surface area contributed by atoms with Gasteiger partial charge in [0.15, 0.2) is 6.10 Å². The van der Waals surface area contributed by atoms with Crippen LogP contribution >= 0.6 is 0 Å². The van der Waals surface area contributed by atoms with E-state index in [0.717, 1.165) is 12.0 Å². The summed E-state index contributed by atoms with van der Waals surface area (Å²) < 4.78 is 5.59. The van der Waals surface area contributed by atoms with Crippen LogP contribution in [-0.4, -0.2) is 22.7 Å². The van der Waals surface area contributed by atoms with Gasteiger partial charge in [-0.2, -0.15) is 0 Å². The van der Waals surface area contributed by atoms with Crippen LogP contribution in [0.3, 0.4) is 0 Å². The van der Waals surface area contributed by atoms with Gasteiger partial charge in [0, 0.05) is 5.54 Å². The van der Waals surface area contributed by atoms with Crippen LogP contribution in [-0.2, 0) is 11.4 Å². The van der Waals surface area contributed by atoms with Crippen molar-refractivity contribution in [2.75, 3.05) is 0 Å². The van der Waals surface area contributed by atoms with Crippen molar-refractivity contribution in [3.8, 4) is 5.75 Å². The first-order chi connectivity index (χ1) is 8.88. The molecule has 1 amide bonds. The number of aliphatic hydroxyl groups is 1. The number of rotatable bonds is 6. The average molecular weight is 265 g/mol. The molecule has 0 heterocycles. The SMILES string of the molecule is CCC(C)(C)NC(=O)C(C)Oc1cccc(CO)c1. The second-order valence-corrected chi connectivity index (χ2v) is 5.29. The Morgan fingerprint density at radius 1 is 1.47 bits per heavy atom. The Balaban J connectivity index is 2.63. The van der Waals surface area contributed by atoms with Crippen LogP contribution in [0.15, 0.2) is 24.3 Å². The number of hydrogen-bond donors (Lipinski definition) is 2. The Labute approximate surface area is 114 Å². The fourth-order valence-corrected chi connectivity index (χ4v) is 1.50. The van der Waals surface area contributed by atoms with Gasteiger partial charge in [-0.1, -0.05) is 19.1 Å². The minimum atomic E-state index is -0.570. The zero-order valence-corrected chi connectivity index (χ0v) is 12.1. The van der Waals surface area contributed by atoms with E-state index in [1.54, 1.807) is 31.2 Å². The monoisotopic (exact) mass is 265 g/mol. The van der Waals surface area contributed by atoms with Crippen molar-refractivity contribution in [1.82, 2.24) is 5.32 Å². The molecule has 106 valence electrons. The lowest BCUT2D eigenvalue weighted by Gasteiger charge is -2.26. The summed E-state index contributed by atoms with van der Waals surface area (Å²) in [6.07, 6.45) is 0.283. The first kappa shape index (κ1) is 15.5. The number of nitrogens with one attached hydrogen (secondary N) is 1. The predicted octanol–water partition coefficient (Wildman–Crippen LogP) is 2.25. The van der Waals surface area contributed by atoms with E-state index in [0.29, 0.717) is 5.75 Å². The van der Waals surface area contributed by atoms with Crippen LogP contribution in [0.1, 0.15) is 39.7 Å². The van der Waals surface area contributed by atoms with E-state index in [1.807, 2.05) is 20.8 Å².